The van der Waals surface area contributed by atoms with Gasteiger partial charge in [0.1, 0.15) is 17.7 Å². The van der Waals surface area contributed by atoms with Gasteiger partial charge in [-0.1, -0.05) is 19.3 Å². The minimum atomic E-state index is -1.29. The lowest BCUT2D eigenvalue weighted by molar-refractivity contribution is -0.124. The van der Waals surface area contributed by atoms with Crippen LogP contribution in [0.25, 0.3) is 11.4 Å². The van der Waals surface area contributed by atoms with Crippen LogP contribution in [0, 0.1) is 23.4 Å². The van der Waals surface area contributed by atoms with Gasteiger partial charge in [0, 0.05) is 26.2 Å². The Morgan fingerprint density at radius 3 is 2.44 bits per heavy atom. The van der Waals surface area contributed by atoms with Gasteiger partial charge in [-0.25, -0.2) is 18.2 Å². The molecule has 1 aromatic heterocycles. The zero-order chi connectivity index (χ0) is 24.4. The highest BCUT2D eigenvalue weighted by atomic mass is 19.2. The number of nitrogens with one attached hydrogen (secondary N) is 2. The Bertz CT molecular complexity index is 1080. The molecule has 2 aromatic rings. The number of hydrogen-bond donors (Lipinski definition) is 2. The van der Waals surface area contributed by atoms with Gasteiger partial charge in [0.15, 0.2) is 17.3 Å². The molecule has 0 radical (unpaired) electrons. The fourth-order valence-corrected chi connectivity index (χ4v) is 5.03. The van der Waals surface area contributed by atoms with Crippen molar-refractivity contribution in [3.8, 4) is 11.4 Å². The van der Waals surface area contributed by atoms with Gasteiger partial charge in [0.2, 0.25) is 5.91 Å². The maximum Gasteiger partial charge on any atom is 0.272 e. The van der Waals surface area contributed by atoms with Gasteiger partial charge in [-0.3, -0.25) is 9.59 Å². The van der Waals surface area contributed by atoms with Crippen molar-refractivity contribution in [2.24, 2.45) is 5.92 Å². The minimum absolute atomic E-state index is 0.0182. The fourth-order valence-electron chi connectivity index (χ4n) is 5.03. The molecule has 4 rings (SSSR count). The molecule has 34 heavy (non-hydrogen) atoms. The molecular weight excluding hydrogens is 447 g/mol. The van der Waals surface area contributed by atoms with Crippen LogP contribution in [0.5, 0.6) is 0 Å². The Hall–Kier alpha value is -2.88. The summed E-state index contributed by atoms with van der Waals surface area (Å²) in [5.41, 5.74) is 0.410. The van der Waals surface area contributed by atoms with Crippen LogP contribution >= 0.6 is 0 Å². The van der Waals surface area contributed by atoms with Crippen LogP contribution in [0.2, 0.25) is 0 Å². The summed E-state index contributed by atoms with van der Waals surface area (Å²) in [5.74, 6) is -4.15. The summed E-state index contributed by atoms with van der Waals surface area (Å²) < 4.78 is 43.9. The summed E-state index contributed by atoms with van der Waals surface area (Å²) in [4.78, 5) is 32.5. The Balaban J connectivity index is 1.74. The zero-order valence-electron chi connectivity index (χ0n) is 19.5. The second-order valence-corrected chi connectivity index (χ2v) is 9.18. The number of halogens is 3. The van der Waals surface area contributed by atoms with Gasteiger partial charge in [-0.05, 0) is 44.8 Å². The Morgan fingerprint density at radius 2 is 1.74 bits per heavy atom. The largest absolute Gasteiger partial charge is 0.357 e. The summed E-state index contributed by atoms with van der Waals surface area (Å²) in [6, 6.07) is 0.549. The number of nitrogens with zero attached hydrogens (tertiary/aromatic N) is 3. The molecule has 2 heterocycles. The SMILES string of the molecule is CNC(=O)C(NC(=O)c1nc(-c2cc(F)c(F)cc2F)n2c1CN(C)CCC2)C1CCCCC1. The number of likely N-dealkylation sites (N-methyl/N-ethyl adjacent to an activating group) is 1. The molecule has 1 aliphatic heterocycles. The molecule has 2 amide bonds. The van der Waals surface area contributed by atoms with E-state index in [0.717, 1.165) is 44.7 Å². The van der Waals surface area contributed by atoms with E-state index in [0.29, 0.717) is 31.3 Å². The van der Waals surface area contributed by atoms with E-state index in [-0.39, 0.29) is 28.9 Å². The van der Waals surface area contributed by atoms with E-state index < -0.39 is 29.4 Å². The lowest BCUT2D eigenvalue weighted by atomic mass is 9.83. The molecule has 1 atom stereocenters. The summed E-state index contributed by atoms with van der Waals surface area (Å²) in [7, 11) is 3.43. The van der Waals surface area contributed by atoms with E-state index in [9.17, 15) is 22.8 Å². The topological polar surface area (TPSA) is 79.3 Å². The van der Waals surface area contributed by atoms with E-state index in [1.807, 2.05) is 11.9 Å². The smallest absolute Gasteiger partial charge is 0.272 e. The van der Waals surface area contributed by atoms with Crippen molar-refractivity contribution in [2.45, 2.75) is 57.7 Å². The lowest BCUT2D eigenvalue weighted by Crippen LogP contribution is -2.50. The first kappa shape index (κ1) is 24.3. The average Bonchev–Trinajstić information content (AvgIpc) is 3.05. The summed E-state index contributed by atoms with van der Waals surface area (Å²) in [5, 5.41) is 5.50. The predicted molar refractivity (Wildman–Crippen MR) is 120 cm³/mol. The second kappa shape index (κ2) is 10.2. The monoisotopic (exact) mass is 477 g/mol. The van der Waals surface area contributed by atoms with Crippen molar-refractivity contribution < 1.29 is 22.8 Å². The van der Waals surface area contributed by atoms with Crippen LogP contribution in [0.4, 0.5) is 13.2 Å². The van der Waals surface area contributed by atoms with Crippen molar-refractivity contribution in [1.29, 1.82) is 0 Å². The molecule has 1 unspecified atom stereocenters. The second-order valence-electron chi connectivity index (χ2n) is 9.18. The van der Waals surface area contributed by atoms with Gasteiger partial charge < -0.3 is 20.1 Å². The number of fused-ring (bicyclic) bond motifs is 1. The molecule has 0 saturated heterocycles. The van der Waals surface area contributed by atoms with Gasteiger partial charge in [-0.2, -0.15) is 0 Å². The molecule has 0 spiro atoms. The third kappa shape index (κ3) is 4.82. The van der Waals surface area contributed by atoms with Crippen molar-refractivity contribution in [1.82, 2.24) is 25.1 Å². The van der Waals surface area contributed by atoms with Gasteiger partial charge >= 0.3 is 0 Å². The first-order chi connectivity index (χ1) is 16.3. The van der Waals surface area contributed by atoms with Crippen molar-refractivity contribution in [2.75, 3.05) is 20.6 Å². The molecule has 7 nitrogen and oxygen atoms in total. The van der Waals surface area contributed by atoms with Gasteiger partial charge in [0.05, 0.1) is 11.3 Å². The van der Waals surface area contributed by atoms with Crippen molar-refractivity contribution in [3.63, 3.8) is 0 Å². The van der Waals surface area contributed by atoms with Crippen LogP contribution in [0.15, 0.2) is 12.1 Å². The normalized spacial score (nSPS) is 18.1. The number of imidazole rings is 1. The molecular formula is C24H30F3N5O2. The van der Waals surface area contributed by atoms with Crippen LogP contribution in [0.3, 0.4) is 0 Å². The highest BCUT2D eigenvalue weighted by Gasteiger charge is 2.33. The van der Waals surface area contributed by atoms with Crippen molar-refractivity contribution in [3.05, 3.63) is 41.0 Å². The number of amides is 2. The minimum Gasteiger partial charge on any atom is -0.357 e. The van der Waals surface area contributed by atoms with E-state index in [1.54, 1.807) is 4.57 Å². The van der Waals surface area contributed by atoms with Crippen LogP contribution in [-0.2, 0) is 17.9 Å². The van der Waals surface area contributed by atoms with E-state index >= 15 is 0 Å². The number of rotatable bonds is 5. The van der Waals surface area contributed by atoms with Gasteiger partial charge in [-0.15, -0.1) is 0 Å². The van der Waals surface area contributed by atoms with Crippen LogP contribution in [-0.4, -0.2) is 52.9 Å². The Labute approximate surface area is 196 Å². The maximum atomic E-state index is 14.7. The fraction of sp³-hybridized carbons (Fsp3) is 0.542. The van der Waals surface area contributed by atoms with E-state index in [4.69, 9.17) is 0 Å². The van der Waals surface area contributed by atoms with Gasteiger partial charge in [0.25, 0.3) is 5.91 Å². The third-order valence-electron chi connectivity index (χ3n) is 6.82. The maximum absolute atomic E-state index is 14.7. The van der Waals surface area contributed by atoms with Crippen LogP contribution in [0.1, 0.15) is 54.7 Å². The lowest BCUT2D eigenvalue weighted by Gasteiger charge is -2.29. The molecule has 2 aliphatic rings. The molecule has 0 bridgehead atoms. The third-order valence-corrected chi connectivity index (χ3v) is 6.82. The van der Waals surface area contributed by atoms with Crippen molar-refractivity contribution >= 4 is 11.8 Å². The zero-order valence-corrected chi connectivity index (χ0v) is 19.5. The van der Waals surface area contributed by atoms with Crippen LogP contribution < -0.4 is 10.6 Å². The number of aromatic nitrogens is 2. The first-order valence-corrected chi connectivity index (χ1v) is 11.8. The van der Waals surface area contributed by atoms with E-state index in [1.165, 1.54) is 7.05 Å². The number of hydrogen-bond acceptors (Lipinski definition) is 4. The molecule has 2 N–H and O–H groups in total. The summed E-state index contributed by atoms with van der Waals surface area (Å²) >= 11 is 0. The molecule has 10 heteroatoms. The molecule has 1 aliphatic carbocycles. The molecule has 1 saturated carbocycles. The first-order valence-electron chi connectivity index (χ1n) is 11.8. The predicted octanol–water partition coefficient (Wildman–Crippen LogP) is 3.23. The number of benzene rings is 1. The summed E-state index contributed by atoms with van der Waals surface area (Å²) in [6.07, 6.45) is 5.50. The molecule has 184 valence electrons. The highest BCUT2D eigenvalue weighted by Crippen LogP contribution is 2.30. The van der Waals surface area contributed by atoms with E-state index in [2.05, 4.69) is 15.6 Å². The number of carbonyl (C=O) groups excluding carboxylic acids is 2. The highest BCUT2D eigenvalue weighted by molar-refractivity contribution is 5.97. The summed E-state index contributed by atoms with van der Waals surface area (Å²) in [6.45, 7) is 1.55. The quantitative estimate of drug-likeness (QED) is 0.649. The Morgan fingerprint density at radius 1 is 1.03 bits per heavy atom. The average molecular weight is 478 g/mol. The standard InChI is InChI=1S/C24H30F3N5O2/c1-28-23(33)20(14-7-4-3-5-8-14)30-24(34)21-19-13-31(2)9-6-10-32(19)22(29-21)15-11-17(26)18(27)12-16(15)25/h11-12,14,20H,3-10,13H2,1-2H3,(H,28,33)(H,30,34). The molecule has 1 fully saturated rings. The molecule has 1 aromatic carbocycles. The Kier molecular flexibility index (Phi) is 7.25. The number of carbonyl (C=O) groups is 2.